The number of aromatic hydroxyl groups is 5. The largest absolute Gasteiger partial charge is 0.504 e. The standard InChI is InChI=1S/C41H33NO5/c1-22-30(35-23(2)29-12-5-4-9-27(29)21-33(35)31-13-6-7-14-34(31)42-3)18-17-24-15-16-26(20-32(22)24)25-10-8-11-28(19-25)36-37(43)39(45)41(47)40(46)38(36)44/h4-21,42-47H,1-3H3. The molecule has 7 aromatic rings. The molecule has 0 aliphatic rings. The van der Waals surface area contributed by atoms with E-state index < -0.39 is 28.7 Å². The number of para-hydroxylation sites is 1. The van der Waals surface area contributed by atoms with Gasteiger partial charge in [-0.3, -0.25) is 0 Å². The first-order valence-corrected chi connectivity index (χ1v) is 15.3. The third kappa shape index (κ3) is 4.73. The molecule has 0 radical (unpaired) electrons. The van der Waals surface area contributed by atoms with E-state index in [0.29, 0.717) is 5.56 Å². The summed E-state index contributed by atoms with van der Waals surface area (Å²) in [6, 6.07) is 36.8. The van der Waals surface area contributed by atoms with Crippen molar-refractivity contribution in [3.05, 3.63) is 120 Å². The van der Waals surface area contributed by atoms with Gasteiger partial charge in [-0.2, -0.15) is 0 Å². The summed E-state index contributed by atoms with van der Waals surface area (Å²) in [7, 11) is 1.94. The Morgan fingerprint density at radius 2 is 1.06 bits per heavy atom. The quantitative estimate of drug-likeness (QED) is 0.0845. The molecule has 0 spiro atoms. The first-order valence-electron chi connectivity index (χ1n) is 15.3. The Bertz CT molecular complexity index is 2350. The summed E-state index contributed by atoms with van der Waals surface area (Å²) in [5, 5.41) is 59.2. The molecule has 0 unspecified atom stereocenters. The number of nitrogens with one attached hydrogen (secondary N) is 1. The lowest BCUT2D eigenvalue weighted by molar-refractivity contribution is 0.330. The molecule has 47 heavy (non-hydrogen) atoms. The van der Waals surface area contributed by atoms with Crippen LogP contribution in [0.25, 0.3) is 66.1 Å². The van der Waals surface area contributed by atoms with Gasteiger partial charge in [0.1, 0.15) is 0 Å². The van der Waals surface area contributed by atoms with Gasteiger partial charge in [-0.15, -0.1) is 0 Å². The second kappa shape index (κ2) is 11.3. The monoisotopic (exact) mass is 619 g/mol. The summed E-state index contributed by atoms with van der Waals surface area (Å²) in [6.07, 6.45) is 0. The average molecular weight is 620 g/mol. The SMILES string of the molecule is CNc1ccccc1-c1cc2ccccc2c(C)c1-c1ccc2ccc(-c3cccc(-c4c(O)c(O)c(O)c(O)c4O)c3)cc2c1C. The van der Waals surface area contributed by atoms with Crippen molar-refractivity contribution in [2.45, 2.75) is 13.8 Å². The van der Waals surface area contributed by atoms with Gasteiger partial charge in [-0.25, -0.2) is 0 Å². The predicted octanol–water partition coefficient (Wildman–Crippen LogP) is 9.85. The summed E-state index contributed by atoms with van der Waals surface area (Å²) in [5.41, 5.74) is 9.85. The van der Waals surface area contributed by atoms with E-state index in [9.17, 15) is 25.5 Å². The van der Waals surface area contributed by atoms with Crippen molar-refractivity contribution >= 4 is 27.2 Å². The van der Waals surface area contributed by atoms with Gasteiger partial charge >= 0.3 is 0 Å². The number of benzene rings is 7. The van der Waals surface area contributed by atoms with Crippen LogP contribution < -0.4 is 5.32 Å². The van der Waals surface area contributed by atoms with Crippen molar-refractivity contribution in [1.82, 2.24) is 0 Å². The molecule has 7 rings (SSSR count). The molecule has 0 saturated carbocycles. The molecule has 0 aliphatic heterocycles. The molecule has 0 amide bonds. The highest BCUT2D eigenvalue weighted by molar-refractivity contribution is 6.05. The van der Waals surface area contributed by atoms with E-state index >= 15 is 0 Å². The Morgan fingerprint density at radius 1 is 0.426 bits per heavy atom. The highest BCUT2D eigenvalue weighted by Crippen LogP contribution is 2.55. The topological polar surface area (TPSA) is 113 Å². The van der Waals surface area contributed by atoms with Gasteiger partial charge in [0, 0.05) is 18.3 Å². The zero-order valence-electron chi connectivity index (χ0n) is 26.1. The van der Waals surface area contributed by atoms with E-state index in [1.807, 2.05) is 25.2 Å². The fourth-order valence-electron chi connectivity index (χ4n) is 6.76. The first-order chi connectivity index (χ1) is 22.7. The zero-order chi connectivity index (χ0) is 33.0. The minimum absolute atomic E-state index is 0.180. The Labute approximate surface area is 272 Å². The third-order valence-electron chi connectivity index (χ3n) is 9.21. The Hall–Kier alpha value is -6.14. The Kier molecular flexibility index (Phi) is 7.13. The molecule has 0 atom stereocenters. The number of phenolic OH excluding ortho intramolecular Hbond substituents is 5. The molecule has 0 aliphatic carbocycles. The predicted molar refractivity (Wildman–Crippen MR) is 191 cm³/mol. The smallest absolute Gasteiger partial charge is 0.208 e. The van der Waals surface area contributed by atoms with E-state index in [4.69, 9.17) is 0 Å². The second-order valence-electron chi connectivity index (χ2n) is 11.8. The van der Waals surface area contributed by atoms with E-state index in [1.165, 1.54) is 21.9 Å². The van der Waals surface area contributed by atoms with Crippen molar-refractivity contribution < 1.29 is 25.5 Å². The number of fused-ring (bicyclic) bond motifs is 2. The fraction of sp³-hybridized carbons (Fsp3) is 0.0732. The highest BCUT2D eigenvalue weighted by atomic mass is 16.4. The normalized spacial score (nSPS) is 11.3. The van der Waals surface area contributed by atoms with Crippen molar-refractivity contribution in [1.29, 1.82) is 0 Å². The van der Waals surface area contributed by atoms with E-state index in [2.05, 4.69) is 92.0 Å². The summed E-state index contributed by atoms with van der Waals surface area (Å²) in [6.45, 7) is 4.34. The summed E-state index contributed by atoms with van der Waals surface area (Å²) in [4.78, 5) is 0. The fourth-order valence-corrected chi connectivity index (χ4v) is 6.76. The van der Waals surface area contributed by atoms with Gasteiger partial charge in [-0.1, -0.05) is 84.9 Å². The van der Waals surface area contributed by atoms with Crippen LogP contribution in [0, 0.1) is 13.8 Å². The van der Waals surface area contributed by atoms with Crippen LogP contribution in [-0.4, -0.2) is 32.6 Å². The van der Waals surface area contributed by atoms with Gasteiger partial charge in [0.05, 0.1) is 5.56 Å². The molecule has 6 heteroatoms. The van der Waals surface area contributed by atoms with Crippen LogP contribution in [0.3, 0.4) is 0 Å². The highest BCUT2D eigenvalue weighted by Gasteiger charge is 2.24. The zero-order valence-corrected chi connectivity index (χ0v) is 26.1. The number of hydrogen-bond donors (Lipinski definition) is 6. The molecule has 6 nitrogen and oxygen atoms in total. The van der Waals surface area contributed by atoms with Crippen molar-refractivity contribution in [2.75, 3.05) is 12.4 Å². The van der Waals surface area contributed by atoms with Gasteiger partial charge in [0.15, 0.2) is 11.5 Å². The van der Waals surface area contributed by atoms with Crippen LogP contribution >= 0.6 is 0 Å². The van der Waals surface area contributed by atoms with E-state index in [0.717, 1.165) is 49.8 Å². The van der Waals surface area contributed by atoms with Gasteiger partial charge in [0.25, 0.3) is 0 Å². The van der Waals surface area contributed by atoms with Crippen LogP contribution in [0.1, 0.15) is 11.1 Å². The van der Waals surface area contributed by atoms with E-state index in [-0.39, 0.29) is 5.56 Å². The van der Waals surface area contributed by atoms with Crippen LogP contribution in [-0.2, 0) is 0 Å². The van der Waals surface area contributed by atoms with Crippen LogP contribution in [0.15, 0.2) is 109 Å². The van der Waals surface area contributed by atoms with Crippen molar-refractivity contribution in [3.63, 3.8) is 0 Å². The molecule has 6 N–H and O–H groups in total. The average Bonchev–Trinajstić information content (AvgIpc) is 3.10. The molecule has 0 fully saturated rings. The van der Waals surface area contributed by atoms with Crippen molar-refractivity contribution in [2.24, 2.45) is 0 Å². The number of anilines is 1. The van der Waals surface area contributed by atoms with Crippen LogP contribution in [0.2, 0.25) is 0 Å². The number of phenols is 5. The lowest BCUT2D eigenvalue weighted by atomic mass is 9.84. The number of hydrogen-bond acceptors (Lipinski definition) is 6. The molecule has 0 saturated heterocycles. The van der Waals surface area contributed by atoms with Crippen LogP contribution in [0.5, 0.6) is 28.7 Å². The number of aryl methyl sites for hydroxylation is 2. The van der Waals surface area contributed by atoms with Crippen LogP contribution in [0.4, 0.5) is 5.69 Å². The Morgan fingerprint density at radius 3 is 1.83 bits per heavy atom. The summed E-state index contributed by atoms with van der Waals surface area (Å²) in [5.74, 6) is -4.25. The maximum Gasteiger partial charge on any atom is 0.208 e. The molecule has 7 aromatic carbocycles. The van der Waals surface area contributed by atoms with Crippen molar-refractivity contribution in [3.8, 4) is 73.3 Å². The minimum atomic E-state index is -0.986. The molecular formula is C41H33NO5. The maximum atomic E-state index is 10.6. The Balaban J connectivity index is 1.43. The van der Waals surface area contributed by atoms with E-state index in [1.54, 1.807) is 18.2 Å². The molecular weight excluding hydrogens is 586 g/mol. The number of rotatable bonds is 5. The molecule has 0 bridgehead atoms. The third-order valence-corrected chi connectivity index (χ3v) is 9.21. The van der Waals surface area contributed by atoms with Gasteiger partial charge < -0.3 is 30.8 Å². The first kappa shape index (κ1) is 29.6. The maximum absolute atomic E-state index is 10.6. The second-order valence-corrected chi connectivity index (χ2v) is 11.8. The lowest BCUT2D eigenvalue weighted by Crippen LogP contribution is -1.97. The molecule has 0 aromatic heterocycles. The molecule has 232 valence electrons. The molecule has 0 heterocycles. The summed E-state index contributed by atoms with van der Waals surface area (Å²) >= 11 is 0. The van der Waals surface area contributed by atoms with Gasteiger partial charge in [-0.05, 0) is 104 Å². The summed E-state index contributed by atoms with van der Waals surface area (Å²) < 4.78 is 0. The lowest BCUT2D eigenvalue weighted by Gasteiger charge is -2.21. The minimum Gasteiger partial charge on any atom is -0.504 e. The van der Waals surface area contributed by atoms with Gasteiger partial charge in [0.2, 0.25) is 17.2 Å².